The van der Waals surface area contributed by atoms with Crippen LogP contribution in [0.4, 0.5) is 0 Å². The molecule has 5 heterocycles. The molecule has 64 heavy (non-hydrogen) atoms. The maximum absolute atomic E-state index is 6.59. The lowest BCUT2D eigenvalue weighted by molar-refractivity contribution is 0.672. The fraction of sp³-hybridized carbons (Fsp3) is 0. The minimum Gasteiger partial charge on any atom is -0.455 e. The van der Waals surface area contributed by atoms with E-state index in [0.29, 0.717) is 5.82 Å². The first-order valence-electron chi connectivity index (χ1n) is 21.6. The van der Waals surface area contributed by atoms with Crippen molar-refractivity contribution in [2.75, 3.05) is 0 Å². The predicted molar refractivity (Wildman–Crippen MR) is 262 cm³/mol. The first-order valence-corrected chi connectivity index (χ1v) is 21.6. The van der Waals surface area contributed by atoms with Crippen LogP contribution in [-0.2, 0) is 0 Å². The lowest BCUT2D eigenvalue weighted by Gasteiger charge is -2.13. The van der Waals surface area contributed by atoms with E-state index < -0.39 is 0 Å². The second-order valence-corrected chi connectivity index (χ2v) is 16.5. The van der Waals surface area contributed by atoms with Crippen molar-refractivity contribution in [2.45, 2.75) is 0 Å². The van der Waals surface area contributed by atoms with Crippen molar-refractivity contribution in [3.05, 3.63) is 206 Å². The van der Waals surface area contributed by atoms with Crippen molar-refractivity contribution >= 4 is 87.5 Å². The maximum atomic E-state index is 6.59. The van der Waals surface area contributed by atoms with E-state index in [-0.39, 0.29) is 0 Å². The zero-order chi connectivity index (χ0) is 41.9. The topological polar surface area (TPSA) is 61.9 Å². The highest BCUT2D eigenvalue weighted by Crippen LogP contribution is 2.43. The quantitative estimate of drug-likeness (QED) is 0.174. The average molecular weight is 819 g/mol. The molecule has 0 spiro atoms. The molecule has 0 fully saturated rings. The molecule has 0 aliphatic rings. The van der Waals surface area contributed by atoms with Crippen molar-refractivity contribution < 1.29 is 8.83 Å². The fourth-order valence-corrected chi connectivity index (χ4v) is 10.1. The van der Waals surface area contributed by atoms with Crippen LogP contribution in [0.1, 0.15) is 0 Å². The van der Waals surface area contributed by atoms with Gasteiger partial charge in [0.25, 0.3) is 0 Å². The highest BCUT2D eigenvalue weighted by Gasteiger charge is 2.21. The van der Waals surface area contributed by atoms with Crippen LogP contribution in [0.25, 0.3) is 133 Å². The van der Waals surface area contributed by atoms with Crippen LogP contribution in [0.5, 0.6) is 0 Å². The van der Waals surface area contributed by atoms with E-state index >= 15 is 0 Å². The molecule has 14 aromatic rings. The molecule has 0 bridgehead atoms. The van der Waals surface area contributed by atoms with Gasteiger partial charge in [-0.05, 0) is 78.9 Å². The third-order valence-corrected chi connectivity index (χ3v) is 12.9. The van der Waals surface area contributed by atoms with Gasteiger partial charge in [0.1, 0.15) is 22.3 Å². The largest absolute Gasteiger partial charge is 0.455 e. The van der Waals surface area contributed by atoms with E-state index in [1.54, 1.807) is 0 Å². The Morgan fingerprint density at radius 1 is 0.312 bits per heavy atom. The van der Waals surface area contributed by atoms with Crippen LogP contribution in [0.3, 0.4) is 0 Å². The van der Waals surface area contributed by atoms with Gasteiger partial charge in [-0.3, -0.25) is 0 Å². The van der Waals surface area contributed by atoms with Crippen molar-refractivity contribution in [2.24, 2.45) is 0 Å². The summed E-state index contributed by atoms with van der Waals surface area (Å²) in [7, 11) is 0. The van der Waals surface area contributed by atoms with Crippen molar-refractivity contribution in [3.8, 4) is 45.3 Å². The Hall–Kier alpha value is -8.74. The van der Waals surface area contributed by atoms with Crippen LogP contribution in [-0.4, -0.2) is 19.1 Å². The maximum Gasteiger partial charge on any atom is 0.160 e. The summed E-state index contributed by atoms with van der Waals surface area (Å²) in [6.45, 7) is 0. The molecule has 0 saturated heterocycles. The third kappa shape index (κ3) is 5.08. The van der Waals surface area contributed by atoms with Gasteiger partial charge < -0.3 is 18.0 Å². The van der Waals surface area contributed by atoms with Gasteiger partial charge in [-0.25, -0.2) is 9.97 Å². The standard InChI is InChI=1S/C58H34N4O2/c1-2-14-35(15-3-1)58-59-46(36-16-12-18-38(32-36)61-48-24-8-4-22-44(48)54-50(61)30-28-42-40-20-6-10-26-52(40)63-56(42)54)34-47(60-58)37-17-13-19-39(33-37)62-49-25-9-5-23-45(49)55-51(62)31-29-43-41-21-7-11-27-53(41)64-57(43)55/h1-34H. The second-order valence-electron chi connectivity index (χ2n) is 16.5. The van der Waals surface area contributed by atoms with Crippen molar-refractivity contribution in [3.63, 3.8) is 0 Å². The fourth-order valence-electron chi connectivity index (χ4n) is 10.1. The average Bonchev–Trinajstić information content (AvgIpc) is 4.12. The second kappa shape index (κ2) is 13.4. The predicted octanol–water partition coefficient (Wildman–Crippen LogP) is 15.5. The molecule has 0 aliphatic heterocycles. The lowest BCUT2D eigenvalue weighted by atomic mass is 10.0. The first kappa shape index (κ1) is 34.9. The molecule has 0 atom stereocenters. The summed E-state index contributed by atoms with van der Waals surface area (Å²) in [6, 6.07) is 72.3. The first-order chi connectivity index (χ1) is 31.7. The van der Waals surface area contributed by atoms with Gasteiger partial charge in [-0.2, -0.15) is 0 Å². The van der Waals surface area contributed by atoms with E-state index in [1.807, 2.05) is 42.5 Å². The van der Waals surface area contributed by atoms with Crippen LogP contribution in [0.2, 0.25) is 0 Å². The summed E-state index contributed by atoms with van der Waals surface area (Å²) >= 11 is 0. The number of fused-ring (bicyclic) bond motifs is 14. The summed E-state index contributed by atoms with van der Waals surface area (Å²) in [5, 5.41) is 8.99. The minimum atomic E-state index is 0.664. The molecule has 6 heteroatoms. The summed E-state index contributed by atoms with van der Waals surface area (Å²) < 4.78 is 17.9. The highest BCUT2D eigenvalue weighted by atomic mass is 16.3. The van der Waals surface area contributed by atoms with E-state index in [9.17, 15) is 0 Å². The van der Waals surface area contributed by atoms with Crippen LogP contribution >= 0.6 is 0 Å². The number of para-hydroxylation sites is 4. The van der Waals surface area contributed by atoms with E-state index in [0.717, 1.165) is 127 Å². The molecular weight excluding hydrogens is 785 g/mol. The minimum absolute atomic E-state index is 0.664. The zero-order valence-electron chi connectivity index (χ0n) is 34.2. The van der Waals surface area contributed by atoms with E-state index in [4.69, 9.17) is 18.8 Å². The molecule has 9 aromatic carbocycles. The van der Waals surface area contributed by atoms with Gasteiger partial charge in [0.2, 0.25) is 0 Å². The smallest absolute Gasteiger partial charge is 0.160 e. The molecule has 0 amide bonds. The molecule has 0 saturated carbocycles. The zero-order valence-corrected chi connectivity index (χ0v) is 34.2. The Bertz CT molecular complexity index is 3960. The van der Waals surface area contributed by atoms with Gasteiger partial charge in [0.15, 0.2) is 5.82 Å². The van der Waals surface area contributed by atoms with Crippen LogP contribution < -0.4 is 0 Å². The number of hydrogen-bond donors (Lipinski definition) is 0. The molecule has 6 nitrogen and oxygen atoms in total. The molecule has 5 aromatic heterocycles. The number of furan rings is 2. The van der Waals surface area contributed by atoms with E-state index in [1.165, 1.54) is 0 Å². The molecule has 0 N–H and O–H groups in total. The van der Waals surface area contributed by atoms with Crippen molar-refractivity contribution in [1.29, 1.82) is 0 Å². The Balaban J connectivity index is 0.945. The number of rotatable bonds is 5. The summed E-state index contributed by atoms with van der Waals surface area (Å²) in [5.41, 5.74) is 14.6. The molecule has 298 valence electrons. The molecule has 0 radical (unpaired) electrons. The summed E-state index contributed by atoms with van der Waals surface area (Å²) in [6.07, 6.45) is 0. The number of aromatic nitrogens is 4. The SMILES string of the molecule is c1ccc(-c2nc(-c3cccc(-n4c5ccccc5c5c6oc7ccccc7c6ccc54)c3)cc(-c3cccc(-n4c5ccccc5c5c6oc7ccccc7c6ccc54)c3)n2)cc1. The van der Waals surface area contributed by atoms with Gasteiger partial charge in [0, 0.05) is 60.4 Å². The third-order valence-electron chi connectivity index (χ3n) is 12.9. The van der Waals surface area contributed by atoms with Gasteiger partial charge >= 0.3 is 0 Å². The monoisotopic (exact) mass is 818 g/mol. The van der Waals surface area contributed by atoms with Crippen molar-refractivity contribution in [1.82, 2.24) is 19.1 Å². The number of hydrogen-bond acceptors (Lipinski definition) is 4. The van der Waals surface area contributed by atoms with Gasteiger partial charge in [-0.1, -0.05) is 127 Å². The number of benzene rings is 9. The Morgan fingerprint density at radius 3 is 1.27 bits per heavy atom. The summed E-state index contributed by atoms with van der Waals surface area (Å²) in [5.74, 6) is 0.664. The molecular formula is C58H34N4O2. The number of nitrogens with zero attached hydrogens (tertiary/aromatic N) is 4. The van der Waals surface area contributed by atoms with E-state index in [2.05, 4.69) is 173 Å². The Kier molecular flexibility index (Phi) is 7.30. The molecule has 0 aliphatic carbocycles. The van der Waals surface area contributed by atoms with Crippen LogP contribution in [0.15, 0.2) is 215 Å². The van der Waals surface area contributed by atoms with Gasteiger partial charge in [0.05, 0.1) is 44.2 Å². The molecule has 14 rings (SSSR count). The highest BCUT2D eigenvalue weighted by molar-refractivity contribution is 6.25. The summed E-state index contributed by atoms with van der Waals surface area (Å²) in [4.78, 5) is 10.5. The Morgan fingerprint density at radius 2 is 0.750 bits per heavy atom. The van der Waals surface area contributed by atoms with Gasteiger partial charge in [-0.15, -0.1) is 0 Å². The normalized spacial score (nSPS) is 12.1. The molecule has 0 unspecified atom stereocenters. The Labute approximate surface area is 365 Å². The lowest BCUT2D eigenvalue weighted by Crippen LogP contribution is -1.99. The van der Waals surface area contributed by atoms with Crippen LogP contribution in [0, 0.1) is 0 Å².